The average molecular weight is 285 g/mol. The second-order valence-corrected chi connectivity index (χ2v) is 6.39. The van der Waals surface area contributed by atoms with Crippen molar-refractivity contribution in [2.75, 3.05) is 13.1 Å². The first-order chi connectivity index (χ1) is 9.26. The smallest absolute Gasteiger partial charge is 0.237 e. The average Bonchev–Trinajstić information content (AvgIpc) is 2.37. The highest BCUT2D eigenvalue weighted by Gasteiger charge is 2.32. The predicted molar refractivity (Wildman–Crippen MR) is 86.7 cm³/mol. The number of primary amides is 1. The molecule has 0 bridgehead atoms. The van der Waals surface area contributed by atoms with Gasteiger partial charge in [-0.25, -0.2) is 0 Å². The van der Waals surface area contributed by atoms with E-state index in [1.807, 2.05) is 20.8 Å². The second kappa shape index (κ2) is 9.35. The van der Waals surface area contributed by atoms with Gasteiger partial charge in [-0.3, -0.25) is 4.79 Å². The van der Waals surface area contributed by atoms with E-state index in [2.05, 4.69) is 31.0 Å². The van der Waals surface area contributed by atoms with Crippen molar-refractivity contribution >= 4 is 5.91 Å². The Morgan fingerprint density at radius 3 is 2.25 bits per heavy atom. The summed E-state index contributed by atoms with van der Waals surface area (Å²) in [7, 11) is 0. The van der Waals surface area contributed by atoms with Crippen LogP contribution in [0, 0.1) is 0 Å². The van der Waals surface area contributed by atoms with Gasteiger partial charge in [-0.05, 0) is 53.5 Å². The fourth-order valence-corrected chi connectivity index (χ4v) is 2.44. The van der Waals surface area contributed by atoms with Gasteiger partial charge in [0.15, 0.2) is 0 Å². The normalized spacial score (nSPS) is 16.4. The van der Waals surface area contributed by atoms with E-state index in [1.165, 1.54) is 12.8 Å². The summed E-state index contributed by atoms with van der Waals surface area (Å²) in [4.78, 5) is 14.2. The Balaban J connectivity index is 4.65. The standard InChI is InChI=1S/C16H35N3O/c1-7-9-11-19(14(5)8-2)12-10-16(6,15(17)20)18-13(3)4/h13-14,18H,7-12H2,1-6H3,(H2,17,20). The predicted octanol–water partition coefficient (Wildman–Crippen LogP) is 2.52. The Kier molecular flexibility index (Phi) is 9.06. The fourth-order valence-electron chi connectivity index (χ4n) is 2.44. The highest BCUT2D eigenvalue weighted by Crippen LogP contribution is 2.14. The quantitative estimate of drug-likeness (QED) is 0.613. The van der Waals surface area contributed by atoms with Gasteiger partial charge in [0.1, 0.15) is 0 Å². The summed E-state index contributed by atoms with van der Waals surface area (Å²) in [6, 6.07) is 0.804. The molecule has 2 unspecified atom stereocenters. The zero-order chi connectivity index (χ0) is 15.8. The van der Waals surface area contributed by atoms with Gasteiger partial charge in [0, 0.05) is 18.6 Å². The maximum atomic E-state index is 11.8. The third-order valence-corrected chi connectivity index (χ3v) is 4.06. The number of carbonyl (C=O) groups is 1. The van der Waals surface area contributed by atoms with Crippen molar-refractivity contribution in [1.82, 2.24) is 10.2 Å². The van der Waals surface area contributed by atoms with Crippen LogP contribution in [0.2, 0.25) is 0 Å². The summed E-state index contributed by atoms with van der Waals surface area (Å²) < 4.78 is 0. The van der Waals surface area contributed by atoms with Crippen molar-refractivity contribution in [3.05, 3.63) is 0 Å². The van der Waals surface area contributed by atoms with Crippen LogP contribution in [0.25, 0.3) is 0 Å². The molecule has 20 heavy (non-hydrogen) atoms. The van der Waals surface area contributed by atoms with Crippen LogP contribution in [-0.2, 0) is 4.79 Å². The lowest BCUT2D eigenvalue weighted by atomic mass is 9.95. The number of nitrogens with one attached hydrogen (secondary N) is 1. The lowest BCUT2D eigenvalue weighted by molar-refractivity contribution is -0.124. The van der Waals surface area contributed by atoms with Crippen LogP contribution in [0.15, 0.2) is 0 Å². The first kappa shape index (κ1) is 19.4. The van der Waals surface area contributed by atoms with Gasteiger partial charge in [0.05, 0.1) is 5.54 Å². The van der Waals surface area contributed by atoms with Crippen LogP contribution in [0.4, 0.5) is 0 Å². The van der Waals surface area contributed by atoms with Gasteiger partial charge in [-0.15, -0.1) is 0 Å². The van der Waals surface area contributed by atoms with Crippen molar-refractivity contribution in [2.24, 2.45) is 5.73 Å². The number of carbonyl (C=O) groups excluding carboxylic acids is 1. The SMILES string of the molecule is CCCCN(CCC(C)(NC(C)C)C(N)=O)C(C)CC. The Morgan fingerprint density at radius 1 is 1.25 bits per heavy atom. The molecule has 0 heterocycles. The Morgan fingerprint density at radius 2 is 1.85 bits per heavy atom. The zero-order valence-corrected chi connectivity index (χ0v) is 14.3. The molecule has 1 amide bonds. The number of rotatable bonds is 11. The summed E-state index contributed by atoms with van der Waals surface area (Å²) in [5, 5.41) is 3.32. The van der Waals surface area contributed by atoms with Crippen LogP contribution >= 0.6 is 0 Å². The minimum Gasteiger partial charge on any atom is -0.368 e. The lowest BCUT2D eigenvalue weighted by Gasteiger charge is -2.34. The van der Waals surface area contributed by atoms with Crippen LogP contribution in [0.5, 0.6) is 0 Å². The molecule has 0 aliphatic rings. The minimum absolute atomic E-state index is 0.250. The minimum atomic E-state index is -0.619. The van der Waals surface area contributed by atoms with E-state index in [1.54, 1.807) is 0 Å². The van der Waals surface area contributed by atoms with Crippen LogP contribution in [0.3, 0.4) is 0 Å². The van der Waals surface area contributed by atoms with Gasteiger partial charge in [0.25, 0.3) is 0 Å². The molecule has 3 N–H and O–H groups in total. The number of hydrogen-bond donors (Lipinski definition) is 2. The molecule has 0 aromatic heterocycles. The highest BCUT2D eigenvalue weighted by molar-refractivity contribution is 5.84. The first-order valence-electron chi connectivity index (χ1n) is 8.08. The fraction of sp³-hybridized carbons (Fsp3) is 0.938. The maximum Gasteiger partial charge on any atom is 0.237 e. The number of nitrogens with zero attached hydrogens (tertiary/aromatic N) is 1. The molecule has 120 valence electrons. The molecule has 4 heteroatoms. The van der Waals surface area contributed by atoms with E-state index in [4.69, 9.17) is 5.73 Å². The van der Waals surface area contributed by atoms with E-state index >= 15 is 0 Å². The first-order valence-corrected chi connectivity index (χ1v) is 8.08. The van der Waals surface area contributed by atoms with E-state index in [0.29, 0.717) is 6.04 Å². The molecule has 0 aliphatic carbocycles. The third-order valence-electron chi connectivity index (χ3n) is 4.06. The summed E-state index contributed by atoms with van der Waals surface area (Å²) >= 11 is 0. The summed E-state index contributed by atoms with van der Waals surface area (Å²) in [5.41, 5.74) is 4.98. The van der Waals surface area contributed by atoms with Crippen molar-refractivity contribution < 1.29 is 4.79 Å². The van der Waals surface area contributed by atoms with Crippen molar-refractivity contribution in [3.63, 3.8) is 0 Å². The van der Waals surface area contributed by atoms with Crippen molar-refractivity contribution in [1.29, 1.82) is 0 Å². The van der Waals surface area contributed by atoms with Gasteiger partial charge in [0.2, 0.25) is 5.91 Å². The molecule has 2 atom stereocenters. The van der Waals surface area contributed by atoms with Crippen molar-refractivity contribution in [3.8, 4) is 0 Å². The maximum absolute atomic E-state index is 11.8. The molecule has 0 aromatic rings. The van der Waals surface area contributed by atoms with Gasteiger partial charge in [-0.2, -0.15) is 0 Å². The largest absolute Gasteiger partial charge is 0.368 e. The van der Waals surface area contributed by atoms with Crippen LogP contribution in [-0.4, -0.2) is 41.5 Å². The number of nitrogens with two attached hydrogens (primary N) is 1. The van der Waals surface area contributed by atoms with E-state index in [0.717, 1.165) is 25.9 Å². The van der Waals surface area contributed by atoms with Crippen LogP contribution < -0.4 is 11.1 Å². The monoisotopic (exact) mass is 285 g/mol. The molecule has 0 fully saturated rings. The molecule has 0 saturated heterocycles. The molecular weight excluding hydrogens is 250 g/mol. The van der Waals surface area contributed by atoms with E-state index in [9.17, 15) is 4.79 Å². The van der Waals surface area contributed by atoms with Gasteiger partial charge in [-0.1, -0.05) is 20.3 Å². The van der Waals surface area contributed by atoms with E-state index < -0.39 is 5.54 Å². The topological polar surface area (TPSA) is 58.4 Å². The molecule has 0 rings (SSSR count). The second-order valence-electron chi connectivity index (χ2n) is 6.39. The number of hydrogen-bond acceptors (Lipinski definition) is 3. The lowest BCUT2D eigenvalue weighted by Crippen LogP contribution is -2.57. The Labute approximate surface area is 125 Å². The third kappa shape index (κ3) is 6.71. The number of amides is 1. The van der Waals surface area contributed by atoms with E-state index in [-0.39, 0.29) is 11.9 Å². The Bertz CT molecular complexity index is 281. The highest BCUT2D eigenvalue weighted by atomic mass is 16.1. The molecule has 0 saturated carbocycles. The molecule has 0 aromatic carbocycles. The summed E-state index contributed by atoms with van der Waals surface area (Å²) in [6.45, 7) is 14.7. The van der Waals surface area contributed by atoms with Crippen LogP contribution in [0.1, 0.15) is 67.2 Å². The summed E-state index contributed by atoms with van der Waals surface area (Å²) in [6.07, 6.45) is 4.29. The molecule has 4 nitrogen and oxygen atoms in total. The summed E-state index contributed by atoms with van der Waals surface area (Å²) in [5.74, 6) is -0.259. The molecular formula is C16H35N3O. The molecule has 0 aliphatic heterocycles. The van der Waals surface area contributed by atoms with Gasteiger partial charge < -0.3 is 16.0 Å². The van der Waals surface area contributed by atoms with Gasteiger partial charge >= 0.3 is 0 Å². The van der Waals surface area contributed by atoms with Crippen molar-refractivity contribution in [2.45, 2.75) is 84.8 Å². The molecule has 0 radical (unpaired) electrons. The zero-order valence-electron chi connectivity index (χ0n) is 14.3. The number of unbranched alkanes of at least 4 members (excludes halogenated alkanes) is 1. The molecule has 0 spiro atoms. The Hall–Kier alpha value is -0.610.